The first kappa shape index (κ1) is 16.5. The molecule has 0 aliphatic rings. The molecule has 0 bridgehead atoms. The van der Waals surface area contributed by atoms with Gasteiger partial charge in [0.1, 0.15) is 5.76 Å². The summed E-state index contributed by atoms with van der Waals surface area (Å²) < 4.78 is 32.4. The highest BCUT2D eigenvalue weighted by Crippen LogP contribution is 2.20. The number of hydrogen-bond acceptors (Lipinski definition) is 4. The second-order valence-electron chi connectivity index (χ2n) is 5.81. The minimum Gasteiger partial charge on any atom is -0.361 e. The van der Waals surface area contributed by atoms with Crippen LogP contribution in [0.4, 0.5) is 0 Å². The molecule has 2 aromatic heterocycles. The number of sulfonamides is 1. The fraction of sp³-hybridized carbons (Fsp3) is 0.235. The standard InChI is InChI=1S/C17H19N3O3S/c1-12(2)17-10-14(20-23-17)11-19-24(21,22)15-7-5-13(6-8-15)16-4-3-9-18-16/h3-10,12,18-19H,11H2,1-2H3. The van der Waals surface area contributed by atoms with Gasteiger partial charge in [-0.15, -0.1) is 0 Å². The van der Waals surface area contributed by atoms with Crippen LogP contribution in [0.3, 0.4) is 0 Å². The molecule has 0 saturated carbocycles. The summed E-state index contributed by atoms with van der Waals surface area (Å²) in [5, 5.41) is 3.88. The van der Waals surface area contributed by atoms with E-state index in [1.807, 2.05) is 32.2 Å². The monoisotopic (exact) mass is 345 g/mol. The van der Waals surface area contributed by atoms with E-state index in [2.05, 4.69) is 14.9 Å². The van der Waals surface area contributed by atoms with Crippen molar-refractivity contribution in [2.75, 3.05) is 0 Å². The fourth-order valence-corrected chi connectivity index (χ4v) is 3.26. The third-order valence-electron chi connectivity index (χ3n) is 3.66. The van der Waals surface area contributed by atoms with Gasteiger partial charge in [-0.25, -0.2) is 13.1 Å². The molecule has 3 aromatic rings. The van der Waals surface area contributed by atoms with Crippen LogP contribution >= 0.6 is 0 Å². The number of benzene rings is 1. The van der Waals surface area contributed by atoms with Crippen molar-refractivity contribution in [3.63, 3.8) is 0 Å². The molecular weight excluding hydrogens is 326 g/mol. The van der Waals surface area contributed by atoms with Crippen molar-refractivity contribution in [2.24, 2.45) is 0 Å². The molecule has 0 spiro atoms. The summed E-state index contributed by atoms with van der Waals surface area (Å²) in [5.74, 6) is 0.947. The topological polar surface area (TPSA) is 88.0 Å². The molecule has 0 amide bonds. The Bertz CT molecular complexity index is 895. The van der Waals surface area contributed by atoms with E-state index < -0.39 is 10.0 Å². The Kier molecular flexibility index (Phi) is 4.55. The molecule has 6 nitrogen and oxygen atoms in total. The van der Waals surface area contributed by atoms with Crippen LogP contribution in [0.1, 0.15) is 31.2 Å². The van der Waals surface area contributed by atoms with Crippen LogP contribution in [0.2, 0.25) is 0 Å². The van der Waals surface area contributed by atoms with Gasteiger partial charge in [-0.1, -0.05) is 31.1 Å². The number of nitrogens with zero attached hydrogens (tertiary/aromatic N) is 1. The van der Waals surface area contributed by atoms with Gasteiger partial charge in [-0.2, -0.15) is 0 Å². The van der Waals surface area contributed by atoms with E-state index in [1.54, 1.807) is 30.3 Å². The molecule has 2 N–H and O–H groups in total. The molecule has 126 valence electrons. The molecule has 0 saturated heterocycles. The lowest BCUT2D eigenvalue weighted by molar-refractivity contribution is 0.365. The Balaban J connectivity index is 1.70. The average Bonchev–Trinajstić information content (AvgIpc) is 3.25. The second kappa shape index (κ2) is 6.62. The largest absolute Gasteiger partial charge is 0.361 e. The van der Waals surface area contributed by atoms with Gasteiger partial charge in [0.15, 0.2) is 0 Å². The summed E-state index contributed by atoms with van der Waals surface area (Å²) in [6, 6.07) is 12.3. The molecule has 7 heteroatoms. The van der Waals surface area contributed by atoms with Crippen LogP contribution in [-0.4, -0.2) is 18.6 Å². The molecule has 0 aliphatic heterocycles. The normalized spacial score (nSPS) is 12.0. The van der Waals surface area contributed by atoms with Crippen molar-refractivity contribution in [1.82, 2.24) is 14.9 Å². The van der Waals surface area contributed by atoms with Crippen molar-refractivity contribution < 1.29 is 12.9 Å². The van der Waals surface area contributed by atoms with E-state index in [-0.39, 0.29) is 17.4 Å². The van der Waals surface area contributed by atoms with Gasteiger partial charge in [-0.3, -0.25) is 0 Å². The van der Waals surface area contributed by atoms with Gasteiger partial charge in [0.25, 0.3) is 0 Å². The third-order valence-corrected chi connectivity index (χ3v) is 5.08. The first-order chi connectivity index (χ1) is 11.5. The second-order valence-corrected chi connectivity index (χ2v) is 7.57. The van der Waals surface area contributed by atoms with Crippen LogP contribution in [0.15, 0.2) is 58.1 Å². The molecule has 0 aliphatic carbocycles. The Morgan fingerprint density at radius 2 is 1.96 bits per heavy atom. The van der Waals surface area contributed by atoms with E-state index in [0.29, 0.717) is 5.69 Å². The zero-order chi connectivity index (χ0) is 17.2. The quantitative estimate of drug-likeness (QED) is 0.718. The molecule has 1 aromatic carbocycles. The Hall–Kier alpha value is -2.38. The van der Waals surface area contributed by atoms with Gasteiger partial charge in [-0.05, 0) is 29.8 Å². The maximum absolute atomic E-state index is 12.4. The van der Waals surface area contributed by atoms with E-state index >= 15 is 0 Å². The zero-order valence-electron chi connectivity index (χ0n) is 13.5. The SMILES string of the molecule is CC(C)c1cc(CNS(=O)(=O)c2ccc(-c3ccc[nH]3)cc2)no1. The van der Waals surface area contributed by atoms with Gasteiger partial charge in [0, 0.05) is 23.9 Å². The fourth-order valence-electron chi connectivity index (χ4n) is 2.26. The molecular formula is C17H19N3O3S. The predicted octanol–water partition coefficient (Wildman–Crippen LogP) is 3.27. The zero-order valence-corrected chi connectivity index (χ0v) is 14.3. The summed E-state index contributed by atoms with van der Waals surface area (Å²) >= 11 is 0. The Morgan fingerprint density at radius 3 is 2.54 bits per heavy atom. The van der Waals surface area contributed by atoms with E-state index in [0.717, 1.165) is 17.0 Å². The van der Waals surface area contributed by atoms with Crippen molar-refractivity contribution in [3.8, 4) is 11.3 Å². The van der Waals surface area contributed by atoms with Crippen LogP contribution in [0.5, 0.6) is 0 Å². The molecule has 0 unspecified atom stereocenters. The summed E-state index contributed by atoms with van der Waals surface area (Å²) in [7, 11) is -3.60. The lowest BCUT2D eigenvalue weighted by Gasteiger charge is -2.06. The number of hydrogen-bond donors (Lipinski definition) is 2. The van der Waals surface area contributed by atoms with Gasteiger partial charge in [0.05, 0.1) is 17.1 Å². The summed E-state index contributed by atoms with van der Waals surface area (Å²) in [6.45, 7) is 4.07. The van der Waals surface area contributed by atoms with Crippen molar-refractivity contribution >= 4 is 10.0 Å². The van der Waals surface area contributed by atoms with Crippen LogP contribution in [-0.2, 0) is 16.6 Å². The molecule has 0 atom stereocenters. The summed E-state index contributed by atoms with van der Waals surface area (Å²) in [5.41, 5.74) is 2.43. The van der Waals surface area contributed by atoms with E-state index in [4.69, 9.17) is 4.52 Å². The Labute approximate surface area is 140 Å². The number of aromatic nitrogens is 2. The first-order valence-corrected chi connectivity index (χ1v) is 9.13. The molecule has 3 rings (SSSR count). The highest BCUT2D eigenvalue weighted by molar-refractivity contribution is 7.89. The highest BCUT2D eigenvalue weighted by Gasteiger charge is 2.16. The summed E-state index contributed by atoms with van der Waals surface area (Å²) in [4.78, 5) is 3.30. The van der Waals surface area contributed by atoms with Crippen LogP contribution in [0, 0.1) is 0 Å². The van der Waals surface area contributed by atoms with Crippen molar-refractivity contribution in [2.45, 2.75) is 31.2 Å². The number of H-pyrrole nitrogens is 1. The number of rotatable bonds is 6. The molecule has 2 heterocycles. The predicted molar refractivity (Wildman–Crippen MR) is 90.8 cm³/mol. The maximum atomic E-state index is 12.4. The molecule has 0 fully saturated rings. The third kappa shape index (κ3) is 3.58. The average molecular weight is 345 g/mol. The van der Waals surface area contributed by atoms with Gasteiger partial charge >= 0.3 is 0 Å². The van der Waals surface area contributed by atoms with E-state index in [9.17, 15) is 8.42 Å². The van der Waals surface area contributed by atoms with Gasteiger partial charge < -0.3 is 9.51 Å². The number of aromatic amines is 1. The smallest absolute Gasteiger partial charge is 0.240 e. The highest BCUT2D eigenvalue weighted by atomic mass is 32.2. The Morgan fingerprint density at radius 1 is 1.21 bits per heavy atom. The van der Waals surface area contributed by atoms with Crippen LogP contribution in [0.25, 0.3) is 11.3 Å². The van der Waals surface area contributed by atoms with Crippen LogP contribution < -0.4 is 4.72 Å². The lowest BCUT2D eigenvalue weighted by Crippen LogP contribution is -2.23. The van der Waals surface area contributed by atoms with Gasteiger partial charge in [0.2, 0.25) is 10.0 Å². The first-order valence-electron chi connectivity index (χ1n) is 7.65. The van der Waals surface area contributed by atoms with Crippen molar-refractivity contribution in [3.05, 3.63) is 60.1 Å². The number of nitrogens with one attached hydrogen (secondary N) is 2. The maximum Gasteiger partial charge on any atom is 0.240 e. The van der Waals surface area contributed by atoms with E-state index in [1.165, 1.54) is 0 Å². The summed E-state index contributed by atoms with van der Waals surface area (Å²) in [6.07, 6.45) is 1.82. The molecule has 24 heavy (non-hydrogen) atoms. The minimum atomic E-state index is -3.60. The van der Waals surface area contributed by atoms with Crippen molar-refractivity contribution in [1.29, 1.82) is 0 Å². The minimum absolute atomic E-state index is 0.0942. The lowest BCUT2D eigenvalue weighted by atomic mass is 10.1. The molecule has 0 radical (unpaired) electrons.